The number of halogens is 1. The van der Waals surface area contributed by atoms with Crippen molar-refractivity contribution in [3.63, 3.8) is 0 Å². The third-order valence-corrected chi connectivity index (χ3v) is 6.08. The number of carbonyl (C=O) groups excluding carboxylic acids is 1. The number of anilines is 1. The van der Waals surface area contributed by atoms with E-state index in [0.29, 0.717) is 27.8 Å². The number of nitrogens with zero attached hydrogens (tertiary/aromatic N) is 2. The van der Waals surface area contributed by atoms with Gasteiger partial charge < -0.3 is 14.5 Å². The Morgan fingerprint density at radius 2 is 1.94 bits per heavy atom. The number of H-pyrrole nitrogens is 1. The molecular weight excluding hydrogens is 464 g/mol. The second-order valence-corrected chi connectivity index (χ2v) is 8.75. The average Bonchev–Trinajstić information content (AvgIpc) is 3.47. The number of benzene rings is 3. The fourth-order valence-corrected chi connectivity index (χ4v) is 4.03. The lowest BCUT2D eigenvalue weighted by Gasteiger charge is -2.16. The molecular formula is C27H23ClN4O3. The summed E-state index contributed by atoms with van der Waals surface area (Å²) in [4.78, 5) is 15.8. The second kappa shape index (κ2) is 9.27. The van der Waals surface area contributed by atoms with Gasteiger partial charge >= 0.3 is 0 Å². The van der Waals surface area contributed by atoms with Crippen LogP contribution in [0.5, 0.6) is 5.75 Å². The highest BCUT2D eigenvalue weighted by atomic mass is 35.5. The highest BCUT2D eigenvalue weighted by molar-refractivity contribution is 6.32. The molecule has 0 aliphatic heterocycles. The van der Waals surface area contributed by atoms with Gasteiger partial charge in [0.2, 0.25) is 11.8 Å². The van der Waals surface area contributed by atoms with E-state index < -0.39 is 0 Å². The zero-order valence-electron chi connectivity index (χ0n) is 19.4. The third kappa shape index (κ3) is 4.76. The Bertz CT molecular complexity index is 1480. The lowest BCUT2D eigenvalue weighted by Crippen LogP contribution is -2.06. The van der Waals surface area contributed by atoms with Crippen LogP contribution in [0.25, 0.3) is 33.8 Å². The van der Waals surface area contributed by atoms with E-state index >= 15 is 0 Å². The standard InChI is InChI=1S/C27H23ClN4O3/c1-15-11-25-24(13-23(15)28)31-27(35-25)22-14-29-32-26(22)19-6-4-5-18(12-19)16(2)34-21-9-7-20(8-10-21)30-17(3)33/h4-14,16H,1-3H3,(H,29,32)(H,30,33). The van der Waals surface area contributed by atoms with Crippen LogP contribution in [0, 0.1) is 6.92 Å². The van der Waals surface area contributed by atoms with Crippen LogP contribution < -0.4 is 10.1 Å². The summed E-state index contributed by atoms with van der Waals surface area (Å²) in [6.45, 7) is 5.40. The summed E-state index contributed by atoms with van der Waals surface area (Å²) < 4.78 is 12.1. The average molecular weight is 487 g/mol. The highest BCUT2D eigenvalue weighted by Crippen LogP contribution is 2.34. The van der Waals surface area contributed by atoms with Crippen LogP contribution in [-0.2, 0) is 4.79 Å². The van der Waals surface area contributed by atoms with Crippen molar-refractivity contribution in [2.24, 2.45) is 0 Å². The number of aryl methyl sites for hydroxylation is 1. The van der Waals surface area contributed by atoms with E-state index in [1.165, 1.54) is 6.92 Å². The summed E-state index contributed by atoms with van der Waals surface area (Å²) >= 11 is 6.25. The van der Waals surface area contributed by atoms with Crippen LogP contribution in [0.4, 0.5) is 5.69 Å². The van der Waals surface area contributed by atoms with Crippen molar-refractivity contribution in [1.82, 2.24) is 15.2 Å². The van der Waals surface area contributed by atoms with Gasteiger partial charge in [0.15, 0.2) is 5.58 Å². The Hall–Kier alpha value is -4.10. The van der Waals surface area contributed by atoms with Crippen LogP contribution in [0.3, 0.4) is 0 Å². The lowest BCUT2D eigenvalue weighted by atomic mass is 10.0. The van der Waals surface area contributed by atoms with Gasteiger partial charge in [-0.05, 0) is 67.4 Å². The lowest BCUT2D eigenvalue weighted by molar-refractivity contribution is -0.114. The van der Waals surface area contributed by atoms with Gasteiger partial charge in [-0.3, -0.25) is 9.89 Å². The number of ether oxygens (including phenoxy) is 1. The number of amides is 1. The van der Waals surface area contributed by atoms with Crippen LogP contribution in [0.15, 0.2) is 71.3 Å². The topological polar surface area (TPSA) is 93.0 Å². The van der Waals surface area contributed by atoms with Crippen LogP contribution in [0.1, 0.15) is 31.1 Å². The van der Waals surface area contributed by atoms with E-state index in [2.05, 4.69) is 26.6 Å². The van der Waals surface area contributed by atoms with E-state index in [9.17, 15) is 4.79 Å². The molecule has 2 heterocycles. The molecule has 1 amide bonds. The Morgan fingerprint density at radius 3 is 2.71 bits per heavy atom. The molecule has 0 aliphatic carbocycles. The monoisotopic (exact) mass is 486 g/mol. The van der Waals surface area contributed by atoms with E-state index in [1.807, 2.05) is 62.4 Å². The first-order valence-electron chi connectivity index (χ1n) is 11.1. The number of rotatable bonds is 6. The molecule has 0 radical (unpaired) electrons. The maximum Gasteiger partial charge on any atom is 0.231 e. The predicted molar refractivity (Wildman–Crippen MR) is 137 cm³/mol. The quantitative estimate of drug-likeness (QED) is 0.271. The molecule has 8 heteroatoms. The molecule has 3 aromatic carbocycles. The maximum atomic E-state index is 11.2. The van der Waals surface area contributed by atoms with E-state index in [-0.39, 0.29) is 12.0 Å². The number of hydrogen-bond donors (Lipinski definition) is 2. The first kappa shape index (κ1) is 22.7. The smallest absolute Gasteiger partial charge is 0.231 e. The maximum absolute atomic E-state index is 11.2. The fourth-order valence-electron chi connectivity index (χ4n) is 3.87. The number of carbonyl (C=O) groups is 1. The molecule has 35 heavy (non-hydrogen) atoms. The molecule has 5 rings (SSSR count). The summed E-state index contributed by atoms with van der Waals surface area (Å²) in [5.41, 5.74) is 6.51. The number of aromatic amines is 1. The Balaban J connectivity index is 1.40. The first-order valence-corrected chi connectivity index (χ1v) is 11.5. The van der Waals surface area contributed by atoms with Crippen molar-refractivity contribution < 1.29 is 13.9 Å². The van der Waals surface area contributed by atoms with Gasteiger partial charge in [-0.2, -0.15) is 5.10 Å². The van der Waals surface area contributed by atoms with Crippen LogP contribution >= 0.6 is 11.6 Å². The van der Waals surface area contributed by atoms with Crippen molar-refractivity contribution >= 4 is 34.3 Å². The number of aromatic nitrogens is 3. The number of fused-ring (bicyclic) bond motifs is 1. The molecule has 0 saturated heterocycles. The van der Waals surface area contributed by atoms with Crippen molar-refractivity contribution in [3.8, 4) is 28.5 Å². The van der Waals surface area contributed by atoms with Gasteiger partial charge in [-0.25, -0.2) is 4.98 Å². The van der Waals surface area contributed by atoms with Crippen molar-refractivity contribution in [2.75, 3.05) is 5.32 Å². The zero-order valence-corrected chi connectivity index (χ0v) is 20.2. The van der Waals surface area contributed by atoms with Gasteiger partial charge in [0.1, 0.15) is 17.4 Å². The summed E-state index contributed by atoms with van der Waals surface area (Å²) in [6.07, 6.45) is 1.50. The minimum atomic E-state index is -0.206. The first-order chi connectivity index (χ1) is 16.9. The largest absolute Gasteiger partial charge is 0.486 e. The Morgan fingerprint density at radius 1 is 1.14 bits per heavy atom. The van der Waals surface area contributed by atoms with Crippen molar-refractivity contribution in [3.05, 3.63) is 83.0 Å². The van der Waals surface area contributed by atoms with Crippen molar-refractivity contribution in [1.29, 1.82) is 0 Å². The zero-order chi connectivity index (χ0) is 24.5. The van der Waals surface area contributed by atoms with Gasteiger partial charge in [-0.1, -0.05) is 29.8 Å². The highest BCUT2D eigenvalue weighted by Gasteiger charge is 2.18. The summed E-state index contributed by atoms with van der Waals surface area (Å²) in [6, 6.07) is 19.0. The van der Waals surface area contributed by atoms with Gasteiger partial charge in [0.25, 0.3) is 0 Å². The molecule has 0 bridgehead atoms. The SMILES string of the molecule is CC(=O)Nc1ccc(OC(C)c2cccc(-c3[nH]ncc3-c3nc4cc(Cl)c(C)cc4o3)c2)cc1. The predicted octanol–water partition coefficient (Wildman–Crippen LogP) is 6.95. The van der Waals surface area contributed by atoms with Gasteiger partial charge in [0, 0.05) is 23.2 Å². The normalized spacial score (nSPS) is 12.0. The van der Waals surface area contributed by atoms with Crippen LogP contribution in [-0.4, -0.2) is 21.1 Å². The molecule has 2 aromatic heterocycles. The van der Waals surface area contributed by atoms with Crippen LogP contribution in [0.2, 0.25) is 5.02 Å². The van der Waals surface area contributed by atoms with Gasteiger partial charge in [-0.15, -0.1) is 0 Å². The molecule has 0 saturated carbocycles. The van der Waals surface area contributed by atoms with E-state index in [0.717, 1.165) is 33.6 Å². The molecule has 2 N–H and O–H groups in total. The van der Waals surface area contributed by atoms with E-state index in [4.69, 9.17) is 20.8 Å². The minimum Gasteiger partial charge on any atom is -0.486 e. The molecule has 5 aromatic rings. The molecule has 1 atom stereocenters. The van der Waals surface area contributed by atoms with Gasteiger partial charge in [0.05, 0.1) is 17.5 Å². The van der Waals surface area contributed by atoms with Crippen molar-refractivity contribution in [2.45, 2.75) is 26.9 Å². The summed E-state index contributed by atoms with van der Waals surface area (Å²) in [5, 5.41) is 10.7. The molecule has 176 valence electrons. The second-order valence-electron chi connectivity index (χ2n) is 8.34. The number of nitrogens with one attached hydrogen (secondary N) is 2. The number of oxazole rings is 1. The van der Waals surface area contributed by atoms with E-state index in [1.54, 1.807) is 12.3 Å². The molecule has 0 spiro atoms. The fraction of sp³-hybridized carbons (Fsp3) is 0.148. The molecule has 0 fully saturated rings. The summed E-state index contributed by atoms with van der Waals surface area (Å²) in [7, 11) is 0. The number of hydrogen-bond acceptors (Lipinski definition) is 5. The Kier molecular flexibility index (Phi) is 6.01. The molecule has 1 unspecified atom stereocenters. The summed E-state index contributed by atoms with van der Waals surface area (Å²) in [5.74, 6) is 1.07. The molecule has 7 nitrogen and oxygen atoms in total. The molecule has 0 aliphatic rings. The minimum absolute atomic E-state index is 0.112. The Labute approximate surface area is 207 Å². The third-order valence-electron chi connectivity index (χ3n) is 5.67.